The van der Waals surface area contributed by atoms with Crippen molar-refractivity contribution < 1.29 is 14.3 Å². The van der Waals surface area contributed by atoms with E-state index in [4.69, 9.17) is 4.74 Å². The molecule has 0 aromatic rings. The van der Waals surface area contributed by atoms with Crippen molar-refractivity contribution >= 4 is 11.8 Å². The van der Waals surface area contributed by atoms with E-state index in [0.29, 0.717) is 6.61 Å². The normalized spacial score (nSPS) is 17.7. The first kappa shape index (κ1) is 13.7. The lowest BCUT2D eigenvalue weighted by Gasteiger charge is -2.18. The van der Waals surface area contributed by atoms with E-state index in [1.807, 2.05) is 0 Å². The Bertz CT molecular complexity index is 309. The molecule has 3 nitrogen and oxygen atoms in total. The van der Waals surface area contributed by atoms with Gasteiger partial charge in [0.1, 0.15) is 0 Å². The van der Waals surface area contributed by atoms with Crippen LogP contribution in [-0.2, 0) is 14.3 Å². The van der Waals surface area contributed by atoms with Crippen molar-refractivity contribution in [1.29, 1.82) is 0 Å². The van der Waals surface area contributed by atoms with E-state index >= 15 is 0 Å². The molecule has 0 saturated heterocycles. The number of ether oxygens (including phenoxy) is 1. The molecular formula is C14H20O3. The van der Waals surface area contributed by atoms with Crippen molar-refractivity contribution in [3.05, 3.63) is 24.3 Å². The summed E-state index contributed by atoms with van der Waals surface area (Å²) in [6.45, 7) is 2.13. The number of ketones is 1. The highest BCUT2D eigenvalue weighted by Crippen LogP contribution is 2.24. The second kappa shape index (κ2) is 7.82. The Hall–Kier alpha value is -1.38. The first-order chi connectivity index (χ1) is 8.24. The van der Waals surface area contributed by atoms with Crippen LogP contribution in [-0.4, -0.2) is 18.4 Å². The molecule has 0 amide bonds. The molecule has 1 fully saturated rings. The number of hydrogen-bond acceptors (Lipinski definition) is 3. The standard InChI is InChI=1S/C14H20O3/c1-2-17-14(16)11-7-6-10-13(15)12-8-4-3-5-9-12/h6-7,10-12H,2-5,8-9H2,1H3/b10-6+,11-7+. The third-order valence-corrected chi connectivity index (χ3v) is 2.90. The minimum atomic E-state index is -0.373. The van der Waals surface area contributed by atoms with E-state index in [0.717, 1.165) is 25.7 Å². The van der Waals surface area contributed by atoms with Crippen LogP contribution in [0.1, 0.15) is 39.0 Å². The van der Waals surface area contributed by atoms with Gasteiger partial charge < -0.3 is 4.74 Å². The molecule has 0 heterocycles. The van der Waals surface area contributed by atoms with Gasteiger partial charge in [-0.2, -0.15) is 0 Å². The van der Waals surface area contributed by atoms with Gasteiger partial charge in [0.05, 0.1) is 6.61 Å². The zero-order chi connectivity index (χ0) is 12.5. The second-order valence-electron chi connectivity index (χ2n) is 4.21. The summed E-state index contributed by atoms with van der Waals surface area (Å²) in [6.07, 6.45) is 11.6. The highest BCUT2D eigenvalue weighted by atomic mass is 16.5. The van der Waals surface area contributed by atoms with Crippen LogP contribution in [0.3, 0.4) is 0 Å². The molecule has 0 atom stereocenters. The van der Waals surface area contributed by atoms with Crippen LogP contribution in [0, 0.1) is 5.92 Å². The van der Waals surface area contributed by atoms with Gasteiger partial charge in [0.25, 0.3) is 0 Å². The Morgan fingerprint density at radius 3 is 2.41 bits per heavy atom. The molecule has 3 heteroatoms. The molecule has 0 bridgehead atoms. The summed E-state index contributed by atoms with van der Waals surface area (Å²) in [5.74, 6) is -0.00327. The predicted molar refractivity (Wildman–Crippen MR) is 66.5 cm³/mol. The maximum Gasteiger partial charge on any atom is 0.330 e. The smallest absolute Gasteiger partial charge is 0.330 e. The summed E-state index contributed by atoms with van der Waals surface area (Å²) in [5, 5.41) is 0. The lowest BCUT2D eigenvalue weighted by Crippen LogP contribution is -2.15. The van der Waals surface area contributed by atoms with Gasteiger partial charge in [-0.25, -0.2) is 4.79 Å². The zero-order valence-electron chi connectivity index (χ0n) is 10.4. The molecule has 0 radical (unpaired) electrons. The SMILES string of the molecule is CCOC(=O)/C=C/C=C/C(=O)C1CCCCC1. The molecule has 0 aromatic carbocycles. The number of carbonyl (C=O) groups is 2. The molecule has 1 aliphatic rings. The van der Waals surface area contributed by atoms with Crippen molar-refractivity contribution in [2.24, 2.45) is 5.92 Å². The molecular weight excluding hydrogens is 216 g/mol. The molecule has 0 aliphatic heterocycles. The van der Waals surface area contributed by atoms with Crippen LogP contribution in [0.4, 0.5) is 0 Å². The monoisotopic (exact) mass is 236 g/mol. The Morgan fingerprint density at radius 2 is 1.76 bits per heavy atom. The summed E-state index contributed by atoms with van der Waals surface area (Å²) >= 11 is 0. The fourth-order valence-corrected chi connectivity index (χ4v) is 2.00. The molecule has 1 rings (SSSR count). The topological polar surface area (TPSA) is 43.4 Å². The van der Waals surface area contributed by atoms with Crippen LogP contribution in [0.25, 0.3) is 0 Å². The summed E-state index contributed by atoms with van der Waals surface area (Å²) in [7, 11) is 0. The van der Waals surface area contributed by atoms with Gasteiger partial charge in [-0.05, 0) is 25.8 Å². The first-order valence-corrected chi connectivity index (χ1v) is 6.29. The lowest BCUT2D eigenvalue weighted by atomic mass is 9.86. The Kier molecular flexibility index (Phi) is 6.30. The van der Waals surface area contributed by atoms with E-state index in [2.05, 4.69) is 0 Å². The van der Waals surface area contributed by atoms with Crippen molar-refractivity contribution in [3.63, 3.8) is 0 Å². The molecule has 0 unspecified atom stereocenters. The Balaban J connectivity index is 2.32. The van der Waals surface area contributed by atoms with E-state index in [-0.39, 0.29) is 17.7 Å². The molecule has 0 aromatic heterocycles. The van der Waals surface area contributed by atoms with Crippen molar-refractivity contribution in [1.82, 2.24) is 0 Å². The fraction of sp³-hybridized carbons (Fsp3) is 0.571. The van der Waals surface area contributed by atoms with E-state index in [1.165, 1.54) is 12.5 Å². The van der Waals surface area contributed by atoms with Gasteiger partial charge in [-0.3, -0.25) is 4.79 Å². The van der Waals surface area contributed by atoms with Gasteiger partial charge in [0.2, 0.25) is 0 Å². The van der Waals surface area contributed by atoms with Crippen molar-refractivity contribution in [2.75, 3.05) is 6.61 Å². The minimum Gasteiger partial charge on any atom is -0.463 e. The van der Waals surface area contributed by atoms with Crippen LogP contribution in [0.5, 0.6) is 0 Å². The number of esters is 1. The Labute approximate surface area is 103 Å². The summed E-state index contributed by atoms with van der Waals surface area (Å²) < 4.78 is 4.72. The summed E-state index contributed by atoms with van der Waals surface area (Å²) in [5.41, 5.74) is 0. The molecule has 17 heavy (non-hydrogen) atoms. The third-order valence-electron chi connectivity index (χ3n) is 2.90. The van der Waals surface area contributed by atoms with E-state index in [9.17, 15) is 9.59 Å². The van der Waals surface area contributed by atoms with E-state index < -0.39 is 0 Å². The molecule has 1 aliphatic carbocycles. The van der Waals surface area contributed by atoms with E-state index in [1.54, 1.807) is 25.2 Å². The maximum absolute atomic E-state index is 11.7. The average molecular weight is 236 g/mol. The van der Waals surface area contributed by atoms with Gasteiger partial charge in [-0.1, -0.05) is 31.4 Å². The van der Waals surface area contributed by atoms with Crippen LogP contribution in [0.2, 0.25) is 0 Å². The predicted octanol–water partition coefficient (Wildman–Crippen LogP) is 2.81. The quantitative estimate of drug-likeness (QED) is 0.419. The zero-order valence-corrected chi connectivity index (χ0v) is 10.4. The first-order valence-electron chi connectivity index (χ1n) is 6.29. The van der Waals surface area contributed by atoms with Crippen LogP contribution in [0.15, 0.2) is 24.3 Å². The maximum atomic E-state index is 11.7. The highest BCUT2D eigenvalue weighted by molar-refractivity contribution is 5.92. The van der Waals surface area contributed by atoms with Crippen molar-refractivity contribution in [2.45, 2.75) is 39.0 Å². The summed E-state index contributed by atoms with van der Waals surface area (Å²) in [4.78, 5) is 22.7. The summed E-state index contributed by atoms with van der Waals surface area (Å²) in [6, 6.07) is 0. The van der Waals surface area contributed by atoms with Gasteiger partial charge in [-0.15, -0.1) is 0 Å². The second-order valence-corrected chi connectivity index (χ2v) is 4.21. The van der Waals surface area contributed by atoms with Crippen LogP contribution < -0.4 is 0 Å². The minimum absolute atomic E-state index is 0.179. The number of allylic oxidation sites excluding steroid dienone is 3. The molecule has 0 N–H and O–H groups in total. The number of rotatable bonds is 5. The molecule has 1 saturated carbocycles. The largest absolute Gasteiger partial charge is 0.463 e. The van der Waals surface area contributed by atoms with Crippen molar-refractivity contribution in [3.8, 4) is 0 Å². The van der Waals surface area contributed by atoms with Gasteiger partial charge in [0, 0.05) is 12.0 Å². The molecule has 94 valence electrons. The van der Waals surface area contributed by atoms with Crippen LogP contribution >= 0.6 is 0 Å². The molecule has 0 spiro atoms. The third kappa shape index (κ3) is 5.48. The Morgan fingerprint density at radius 1 is 1.12 bits per heavy atom. The number of hydrogen-bond donors (Lipinski definition) is 0. The average Bonchev–Trinajstić information content (AvgIpc) is 2.36. The number of carbonyl (C=O) groups excluding carboxylic acids is 2. The van der Waals surface area contributed by atoms with Gasteiger partial charge >= 0.3 is 5.97 Å². The fourth-order valence-electron chi connectivity index (χ4n) is 2.00. The van der Waals surface area contributed by atoms with Gasteiger partial charge in [0.15, 0.2) is 5.78 Å². The highest BCUT2D eigenvalue weighted by Gasteiger charge is 2.18. The lowest BCUT2D eigenvalue weighted by molar-refractivity contribution is -0.137.